The van der Waals surface area contributed by atoms with Crippen LogP contribution in [0.2, 0.25) is 10.0 Å². The number of ether oxygens (including phenoxy) is 1. The molecule has 4 nitrogen and oxygen atoms in total. The van der Waals surface area contributed by atoms with Crippen molar-refractivity contribution in [3.63, 3.8) is 0 Å². The molecule has 0 radical (unpaired) electrons. The Labute approximate surface area is 151 Å². The van der Waals surface area contributed by atoms with Crippen LogP contribution in [0.15, 0.2) is 24.3 Å². The van der Waals surface area contributed by atoms with Crippen molar-refractivity contribution < 1.29 is 18.3 Å². The van der Waals surface area contributed by atoms with E-state index in [4.69, 9.17) is 33.7 Å². The fraction of sp³-hybridized carbons (Fsp3) is 0.200. The Hall–Kier alpha value is -1.57. The number of nitrogen functional groups attached to an aromatic ring is 1. The molecule has 0 amide bonds. The normalized spacial score (nSPS) is 12.0. The second-order valence-corrected chi connectivity index (χ2v) is 6.44. The first-order chi connectivity index (χ1) is 11.3. The standard InChI is InChI=1S/C15H12Cl2F2N2O2S/c1-7(15(22)24-6-8-4-2-3-5-9(8)18)23-14-11(17)12(20)10(16)13(19)21-14/h2-5,7H,6H2,1H3,(H2,20,21)/t7-/m1/s1. The maximum atomic E-state index is 13.5. The van der Waals surface area contributed by atoms with Gasteiger partial charge in [0.1, 0.15) is 15.9 Å². The molecule has 0 bridgehead atoms. The second-order valence-electron chi connectivity index (χ2n) is 4.71. The van der Waals surface area contributed by atoms with Crippen molar-refractivity contribution in [2.75, 3.05) is 5.73 Å². The number of nitrogens with two attached hydrogens (primary N) is 1. The molecule has 0 aliphatic heterocycles. The minimum atomic E-state index is -1.05. The highest BCUT2D eigenvalue weighted by Crippen LogP contribution is 2.36. The van der Waals surface area contributed by atoms with E-state index in [1.54, 1.807) is 18.2 Å². The highest BCUT2D eigenvalue weighted by molar-refractivity contribution is 8.13. The number of hydrogen-bond donors (Lipinski definition) is 1. The van der Waals surface area contributed by atoms with Crippen molar-refractivity contribution >= 4 is 45.8 Å². The number of pyridine rings is 1. The second kappa shape index (κ2) is 8.00. The highest BCUT2D eigenvalue weighted by Gasteiger charge is 2.22. The monoisotopic (exact) mass is 392 g/mol. The van der Waals surface area contributed by atoms with Crippen molar-refractivity contribution in [3.8, 4) is 5.88 Å². The van der Waals surface area contributed by atoms with E-state index >= 15 is 0 Å². The molecular weight excluding hydrogens is 381 g/mol. The molecular formula is C15H12Cl2F2N2O2S. The Bertz CT molecular complexity index is 777. The fourth-order valence-electron chi connectivity index (χ4n) is 1.69. The lowest BCUT2D eigenvalue weighted by Gasteiger charge is -2.15. The number of carbonyl (C=O) groups is 1. The van der Waals surface area contributed by atoms with Gasteiger partial charge in [0, 0.05) is 5.75 Å². The van der Waals surface area contributed by atoms with Gasteiger partial charge in [0.15, 0.2) is 6.10 Å². The number of carbonyl (C=O) groups excluding carboxylic acids is 1. The summed E-state index contributed by atoms with van der Waals surface area (Å²) in [6.07, 6.45) is -0.994. The summed E-state index contributed by atoms with van der Waals surface area (Å²) < 4.78 is 32.3. The zero-order valence-corrected chi connectivity index (χ0v) is 14.7. The Morgan fingerprint density at radius 2 is 2.00 bits per heavy atom. The average Bonchev–Trinajstić information content (AvgIpc) is 2.56. The predicted molar refractivity (Wildman–Crippen MR) is 91.4 cm³/mol. The Kier molecular flexibility index (Phi) is 6.26. The third kappa shape index (κ3) is 4.28. The van der Waals surface area contributed by atoms with Crippen LogP contribution in [0.25, 0.3) is 0 Å². The summed E-state index contributed by atoms with van der Waals surface area (Å²) in [7, 11) is 0. The first-order valence-electron chi connectivity index (χ1n) is 6.68. The van der Waals surface area contributed by atoms with Crippen LogP contribution in [0.5, 0.6) is 5.88 Å². The zero-order chi connectivity index (χ0) is 17.9. The topological polar surface area (TPSA) is 65.2 Å². The molecule has 2 N–H and O–H groups in total. The summed E-state index contributed by atoms with van der Waals surface area (Å²) in [5, 5.41) is -0.995. The van der Waals surface area contributed by atoms with E-state index < -0.39 is 28.0 Å². The Morgan fingerprint density at radius 3 is 2.67 bits per heavy atom. The van der Waals surface area contributed by atoms with Crippen LogP contribution in [0.1, 0.15) is 12.5 Å². The minimum Gasteiger partial charge on any atom is -0.464 e. The molecule has 2 rings (SSSR count). The number of aromatic nitrogens is 1. The van der Waals surface area contributed by atoms with Crippen molar-refractivity contribution in [3.05, 3.63) is 51.6 Å². The fourth-order valence-corrected chi connectivity index (χ4v) is 2.87. The lowest BCUT2D eigenvalue weighted by molar-refractivity contribution is -0.116. The van der Waals surface area contributed by atoms with Gasteiger partial charge in [-0.1, -0.05) is 53.2 Å². The maximum absolute atomic E-state index is 13.5. The van der Waals surface area contributed by atoms with Gasteiger partial charge < -0.3 is 10.5 Å². The SMILES string of the molecule is C[C@@H](Oc1nc(F)c(Cl)c(N)c1Cl)C(=O)SCc1ccccc1F. The summed E-state index contributed by atoms with van der Waals surface area (Å²) >= 11 is 12.3. The summed E-state index contributed by atoms with van der Waals surface area (Å²) in [5.74, 6) is -1.64. The summed E-state index contributed by atoms with van der Waals surface area (Å²) in [4.78, 5) is 15.5. The van der Waals surface area contributed by atoms with E-state index in [9.17, 15) is 13.6 Å². The van der Waals surface area contributed by atoms with Crippen LogP contribution in [-0.4, -0.2) is 16.2 Å². The summed E-state index contributed by atoms with van der Waals surface area (Å²) in [6.45, 7) is 1.44. The van der Waals surface area contributed by atoms with Gasteiger partial charge in [-0.25, -0.2) is 4.39 Å². The smallest absolute Gasteiger partial charge is 0.238 e. The molecule has 1 aromatic heterocycles. The number of anilines is 1. The van der Waals surface area contributed by atoms with Gasteiger partial charge in [-0.05, 0) is 18.6 Å². The van der Waals surface area contributed by atoms with Gasteiger partial charge in [-0.15, -0.1) is 0 Å². The molecule has 24 heavy (non-hydrogen) atoms. The van der Waals surface area contributed by atoms with Gasteiger partial charge in [-0.3, -0.25) is 4.79 Å². The highest BCUT2D eigenvalue weighted by atomic mass is 35.5. The predicted octanol–water partition coefficient (Wildman–Crippen LogP) is 4.48. The molecule has 0 aliphatic carbocycles. The molecule has 0 aliphatic rings. The lowest BCUT2D eigenvalue weighted by atomic mass is 10.2. The lowest BCUT2D eigenvalue weighted by Crippen LogP contribution is -2.22. The number of benzene rings is 1. The van der Waals surface area contributed by atoms with Crippen LogP contribution in [0, 0.1) is 11.8 Å². The third-order valence-electron chi connectivity index (χ3n) is 2.99. The van der Waals surface area contributed by atoms with Crippen LogP contribution in [-0.2, 0) is 10.5 Å². The first kappa shape index (κ1) is 18.8. The molecule has 9 heteroatoms. The van der Waals surface area contributed by atoms with Gasteiger partial charge in [0.2, 0.25) is 16.9 Å². The Balaban J connectivity index is 2.03. The van der Waals surface area contributed by atoms with E-state index in [1.807, 2.05) is 0 Å². The van der Waals surface area contributed by atoms with E-state index in [-0.39, 0.29) is 22.3 Å². The van der Waals surface area contributed by atoms with E-state index in [0.717, 1.165) is 11.8 Å². The maximum Gasteiger partial charge on any atom is 0.238 e. The van der Waals surface area contributed by atoms with E-state index in [1.165, 1.54) is 13.0 Å². The number of hydrogen-bond acceptors (Lipinski definition) is 5. The molecule has 0 unspecified atom stereocenters. The molecule has 1 atom stereocenters. The molecule has 128 valence electrons. The summed E-state index contributed by atoms with van der Waals surface area (Å²) in [6, 6.07) is 6.12. The Morgan fingerprint density at radius 1 is 1.33 bits per heavy atom. The zero-order valence-electron chi connectivity index (χ0n) is 12.4. The molecule has 1 heterocycles. The van der Waals surface area contributed by atoms with Gasteiger partial charge in [0.05, 0.1) is 5.69 Å². The van der Waals surface area contributed by atoms with Crippen molar-refractivity contribution in [2.24, 2.45) is 0 Å². The molecule has 0 saturated carbocycles. The quantitative estimate of drug-likeness (QED) is 0.759. The number of thioether (sulfide) groups is 1. The van der Waals surface area contributed by atoms with E-state index in [2.05, 4.69) is 4.98 Å². The van der Waals surface area contributed by atoms with Gasteiger partial charge in [0.25, 0.3) is 0 Å². The number of halogens is 4. The average molecular weight is 393 g/mol. The van der Waals surface area contributed by atoms with Crippen LogP contribution < -0.4 is 10.5 Å². The van der Waals surface area contributed by atoms with Crippen LogP contribution >= 0.6 is 35.0 Å². The third-order valence-corrected chi connectivity index (χ3v) is 4.79. The number of rotatable bonds is 5. The van der Waals surface area contributed by atoms with Crippen LogP contribution in [0.3, 0.4) is 0 Å². The molecule has 0 saturated heterocycles. The first-order valence-corrected chi connectivity index (χ1v) is 8.42. The molecule has 0 spiro atoms. The van der Waals surface area contributed by atoms with E-state index in [0.29, 0.717) is 5.56 Å². The largest absolute Gasteiger partial charge is 0.464 e. The van der Waals surface area contributed by atoms with Gasteiger partial charge in [-0.2, -0.15) is 9.37 Å². The van der Waals surface area contributed by atoms with Crippen molar-refractivity contribution in [1.29, 1.82) is 0 Å². The van der Waals surface area contributed by atoms with Crippen LogP contribution in [0.4, 0.5) is 14.5 Å². The minimum absolute atomic E-state index is 0.136. The summed E-state index contributed by atoms with van der Waals surface area (Å²) in [5.41, 5.74) is 5.70. The van der Waals surface area contributed by atoms with Crippen molar-refractivity contribution in [2.45, 2.75) is 18.8 Å². The van der Waals surface area contributed by atoms with Crippen molar-refractivity contribution in [1.82, 2.24) is 4.98 Å². The number of nitrogens with zero attached hydrogens (tertiary/aromatic N) is 1. The van der Waals surface area contributed by atoms with Gasteiger partial charge >= 0.3 is 0 Å². The molecule has 2 aromatic rings. The molecule has 0 fully saturated rings. The molecule has 1 aromatic carbocycles.